The van der Waals surface area contributed by atoms with E-state index in [-0.39, 0.29) is 12.4 Å². The van der Waals surface area contributed by atoms with Crippen LogP contribution < -0.4 is 5.73 Å². The molecule has 0 aliphatic carbocycles. The fourth-order valence-electron chi connectivity index (χ4n) is 1.25. The predicted molar refractivity (Wildman–Crippen MR) is 46.3 cm³/mol. The minimum Gasteiger partial charge on any atom is -0.469 e. The Labute approximate surface area is 82.0 Å². The van der Waals surface area contributed by atoms with E-state index in [1.54, 1.807) is 6.92 Å². The zero-order valence-electron chi connectivity index (χ0n) is 7.35. The van der Waals surface area contributed by atoms with Crippen LogP contribution in [-0.4, -0.2) is 31.2 Å². The molecule has 2 N–H and O–H groups in total. The lowest BCUT2D eigenvalue weighted by Crippen LogP contribution is -2.39. The van der Waals surface area contributed by atoms with Crippen LogP contribution in [0.5, 0.6) is 0 Å². The van der Waals surface area contributed by atoms with Crippen molar-refractivity contribution in [1.29, 1.82) is 0 Å². The molecule has 5 nitrogen and oxygen atoms in total. The van der Waals surface area contributed by atoms with Gasteiger partial charge < -0.3 is 15.2 Å². The Bertz CT molecular complexity index is 221. The molecule has 1 aliphatic heterocycles. The molecule has 0 aromatic heterocycles. The van der Waals surface area contributed by atoms with Crippen LogP contribution in [0.2, 0.25) is 0 Å². The largest absolute Gasteiger partial charge is 0.469 e. The number of carbonyl (C=O) groups excluding carboxylic acids is 2. The molecule has 0 saturated carbocycles. The lowest BCUT2D eigenvalue weighted by atomic mass is 9.99. The van der Waals surface area contributed by atoms with E-state index >= 15 is 0 Å². The average molecular weight is 210 g/mol. The number of methoxy groups -OCH3 is 1. The zero-order chi connectivity index (χ0) is 9.30. The van der Waals surface area contributed by atoms with Gasteiger partial charge in [0.2, 0.25) is 0 Å². The topological polar surface area (TPSA) is 78.6 Å². The lowest BCUT2D eigenvalue weighted by Gasteiger charge is -2.11. The molecule has 1 heterocycles. The highest BCUT2D eigenvalue weighted by Gasteiger charge is 2.45. The number of carbonyl (C=O) groups is 2. The van der Waals surface area contributed by atoms with E-state index in [4.69, 9.17) is 10.5 Å². The molecule has 76 valence electrons. The van der Waals surface area contributed by atoms with Crippen LogP contribution in [0.4, 0.5) is 0 Å². The van der Waals surface area contributed by atoms with Gasteiger partial charge >= 0.3 is 11.9 Å². The summed E-state index contributed by atoms with van der Waals surface area (Å²) in [7, 11) is 1.25. The quantitative estimate of drug-likeness (QED) is 0.588. The van der Waals surface area contributed by atoms with Crippen LogP contribution in [0.3, 0.4) is 0 Å². The molecule has 1 saturated heterocycles. The van der Waals surface area contributed by atoms with Crippen molar-refractivity contribution in [3.63, 3.8) is 0 Å². The molecule has 0 radical (unpaired) electrons. The van der Waals surface area contributed by atoms with Gasteiger partial charge in [0.15, 0.2) is 0 Å². The van der Waals surface area contributed by atoms with Crippen molar-refractivity contribution in [3.8, 4) is 0 Å². The first-order valence-corrected chi connectivity index (χ1v) is 3.62. The van der Waals surface area contributed by atoms with Gasteiger partial charge in [0, 0.05) is 0 Å². The molecular formula is C7H12ClNO4. The fourth-order valence-corrected chi connectivity index (χ4v) is 1.25. The molecule has 0 unspecified atom stereocenters. The van der Waals surface area contributed by atoms with E-state index in [9.17, 15) is 9.59 Å². The standard InChI is InChI=1S/C7H11NO4.ClH/c1-3-4(6(9)11-2)5(8)7(10)12-3;/h3-5H,8H2,1-2H3;1H/t3-,4-,5+;/m1./s1. The van der Waals surface area contributed by atoms with Gasteiger partial charge in [-0.25, -0.2) is 0 Å². The third-order valence-corrected chi connectivity index (χ3v) is 1.94. The molecule has 1 aliphatic rings. The molecule has 1 rings (SSSR count). The molecule has 13 heavy (non-hydrogen) atoms. The van der Waals surface area contributed by atoms with E-state index in [0.29, 0.717) is 0 Å². The summed E-state index contributed by atoms with van der Waals surface area (Å²) >= 11 is 0. The molecule has 6 heteroatoms. The van der Waals surface area contributed by atoms with Crippen LogP contribution in [0.15, 0.2) is 0 Å². The average Bonchev–Trinajstić information content (AvgIpc) is 2.26. The summed E-state index contributed by atoms with van der Waals surface area (Å²) in [6.07, 6.45) is -0.486. The Morgan fingerprint density at radius 3 is 2.46 bits per heavy atom. The Morgan fingerprint density at radius 1 is 1.62 bits per heavy atom. The molecular weight excluding hydrogens is 198 g/mol. The Balaban J connectivity index is 0.00000144. The Morgan fingerprint density at radius 2 is 2.15 bits per heavy atom. The number of cyclic esters (lactones) is 1. The van der Waals surface area contributed by atoms with Crippen molar-refractivity contribution in [2.45, 2.75) is 19.1 Å². The molecule has 0 aromatic carbocycles. The normalized spacial score (nSPS) is 31.9. The lowest BCUT2D eigenvalue weighted by molar-refractivity contribution is -0.147. The SMILES string of the molecule is COC(=O)[C@H]1[C@H](N)C(=O)O[C@@H]1C.Cl. The van der Waals surface area contributed by atoms with Crippen molar-refractivity contribution in [2.75, 3.05) is 7.11 Å². The first kappa shape index (κ1) is 12.2. The highest BCUT2D eigenvalue weighted by atomic mass is 35.5. The van der Waals surface area contributed by atoms with Crippen LogP contribution in [0, 0.1) is 5.92 Å². The zero-order valence-corrected chi connectivity index (χ0v) is 8.17. The first-order chi connectivity index (χ1) is 5.57. The molecule has 3 atom stereocenters. The highest BCUT2D eigenvalue weighted by molar-refractivity contribution is 5.87. The summed E-state index contributed by atoms with van der Waals surface area (Å²) in [5.41, 5.74) is 5.41. The summed E-state index contributed by atoms with van der Waals surface area (Å²) < 4.78 is 9.22. The minimum atomic E-state index is -0.882. The second-order valence-corrected chi connectivity index (χ2v) is 2.72. The maximum Gasteiger partial charge on any atom is 0.324 e. The smallest absolute Gasteiger partial charge is 0.324 e. The van der Waals surface area contributed by atoms with E-state index in [2.05, 4.69) is 4.74 Å². The third-order valence-electron chi connectivity index (χ3n) is 1.94. The Kier molecular flexibility index (Phi) is 4.16. The van der Waals surface area contributed by atoms with E-state index < -0.39 is 30.0 Å². The second-order valence-electron chi connectivity index (χ2n) is 2.72. The minimum absolute atomic E-state index is 0. The highest BCUT2D eigenvalue weighted by Crippen LogP contribution is 2.21. The maximum atomic E-state index is 11.0. The molecule has 0 aromatic rings. The van der Waals surface area contributed by atoms with Crippen molar-refractivity contribution >= 4 is 24.3 Å². The number of rotatable bonds is 1. The number of halogens is 1. The number of hydrogen-bond donors (Lipinski definition) is 1. The number of nitrogens with two attached hydrogens (primary N) is 1. The van der Waals surface area contributed by atoms with Crippen molar-refractivity contribution in [2.24, 2.45) is 11.7 Å². The molecule has 1 fully saturated rings. The van der Waals surface area contributed by atoms with Gasteiger partial charge in [-0.3, -0.25) is 9.59 Å². The fraction of sp³-hybridized carbons (Fsp3) is 0.714. The van der Waals surface area contributed by atoms with Crippen molar-refractivity contribution in [1.82, 2.24) is 0 Å². The van der Waals surface area contributed by atoms with Crippen LogP contribution in [0.25, 0.3) is 0 Å². The first-order valence-electron chi connectivity index (χ1n) is 3.62. The summed E-state index contributed by atoms with van der Waals surface area (Å²) in [5, 5.41) is 0. The van der Waals surface area contributed by atoms with Gasteiger partial charge in [-0.1, -0.05) is 0 Å². The van der Waals surface area contributed by atoms with E-state index in [0.717, 1.165) is 0 Å². The monoisotopic (exact) mass is 209 g/mol. The van der Waals surface area contributed by atoms with Crippen molar-refractivity contribution in [3.05, 3.63) is 0 Å². The van der Waals surface area contributed by atoms with E-state index in [1.165, 1.54) is 7.11 Å². The van der Waals surface area contributed by atoms with Gasteiger partial charge in [-0.2, -0.15) is 0 Å². The van der Waals surface area contributed by atoms with Crippen LogP contribution in [-0.2, 0) is 19.1 Å². The number of ether oxygens (including phenoxy) is 2. The Hall–Kier alpha value is -0.810. The van der Waals surface area contributed by atoms with Gasteiger partial charge in [-0.15, -0.1) is 12.4 Å². The summed E-state index contributed by atoms with van der Waals surface area (Å²) in [4.78, 5) is 21.9. The predicted octanol–water partition coefficient (Wildman–Crippen LogP) is -0.530. The van der Waals surface area contributed by atoms with Gasteiger partial charge in [0.05, 0.1) is 7.11 Å². The van der Waals surface area contributed by atoms with Gasteiger partial charge in [-0.05, 0) is 6.92 Å². The van der Waals surface area contributed by atoms with Gasteiger partial charge in [0.25, 0.3) is 0 Å². The van der Waals surface area contributed by atoms with Crippen LogP contribution >= 0.6 is 12.4 Å². The molecule has 0 spiro atoms. The third kappa shape index (κ3) is 2.10. The number of esters is 2. The second kappa shape index (κ2) is 4.43. The van der Waals surface area contributed by atoms with Crippen LogP contribution in [0.1, 0.15) is 6.92 Å². The van der Waals surface area contributed by atoms with Gasteiger partial charge in [0.1, 0.15) is 18.1 Å². The summed E-state index contributed by atoms with van der Waals surface area (Å²) in [6.45, 7) is 1.62. The molecule has 0 amide bonds. The maximum absolute atomic E-state index is 11.0. The van der Waals surface area contributed by atoms with Crippen molar-refractivity contribution < 1.29 is 19.1 Å². The summed E-state index contributed by atoms with van der Waals surface area (Å²) in [6, 6.07) is -0.882. The summed E-state index contributed by atoms with van der Waals surface area (Å²) in [5.74, 6) is -1.71. The molecule has 0 bridgehead atoms. The van der Waals surface area contributed by atoms with E-state index in [1.807, 2.05) is 0 Å². The number of hydrogen-bond acceptors (Lipinski definition) is 5.